The Labute approximate surface area is 186 Å². The molecule has 2 heterocycles. The van der Waals surface area contributed by atoms with Crippen LogP contribution in [0, 0.1) is 0 Å². The predicted octanol–water partition coefficient (Wildman–Crippen LogP) is 4.53. The minimum absolute atomic E-state index is 0.0402. The van der Waals surface area contributed by atoms with Gasteiger partial charge in [0.25, 0.3) is 0 Å². The van der Waals surface area contributed by atoms with Gasteiger partial charge in [-0.15, -0.1) is 10.2 Å². The Kier molecular flexibility index (Phi) is 6.74. The molecule has 0 aliphatic rings. The van der Waals surface area contributed by atoms with Gasteiger partial charge in [-0.2, -0.15) is 0 Å². The van der Waals surface area contributed by atoms with Gasteiger partial charge >= 0.3 is 0 Å². The Bertz CT molecular complexity index is 1120. The zero-order chi connectivity index (χ0) is 21.5. The number of anilines is 1. The first-order chi connectivity index (χ1) is 15.3. The number of carbonyl (C=O) groups excluding carboxylic acids is 1. The average Bonchev–Trinajstić information content (AvgIpc) is 3.22. The smallest absolute Gasteiger partial charge is 0.237 e. The number of benzene rings is 2. The third-order valence-corrected chi connectivity index (χ3v) is 5.80. The molecule has 0 fully saturated rings. The molecule has 6 nitrogen and oxygen atoms in total. The Morgan fingerprint density at radius 2 is 1.61 bits per heavy atom. The van der Waals surface area contributed by atoms with Crippen molar-refractivity contribution in [1.82, 2.24) is 19.7 Å². The summed E-state index contributed by atoms with van der Waals surface area (Å²) in [5, 5.41) is 9.54. The Balaban J connectivity index is 1.57. The predicted molar refractivity (Wildman–Crippen MR) is 124 cm³/mol. The molecule has 1 amide bonds. The molecule has 0 radical (unpaired) electrons. The lowest BCUT2D eigenvalue weighted by Gasteiger charge is -2.20. The van der Waals surface area contributed by atoms with Crippen LogP contribution in [-0.4, -0.2) is 38.0 Å². The summed E-state index contributed by atoms with van der Waals surface area (Å²) in [6.45, 7) is 3.22. The molecule has 156 valence electrons. The van der Waals surface area contributed by atoms with E-state index in [0.717, 1.165) is 22.6 Å². The van der Waals surface area contributed by atoms with Gasteiger partial charge in [0.1, 0.15) is 0 Å². The highest BCUT2D eigenvalue weighted by atomic mass is 32.2. The Hall–Kier alpha value is -3.45. The highest BCUT2D eigenvalue weighted by Gasteiger charge is 2.19. The van der Waals surface area contributed by atoms with Crippen molar-refractivity contribution >= 4 is 23.4 Å². The van der Waals surface area contributed by atoms with Gasteiger partial charge in [-0.1, -0.05) is 60.3 Å². The average molecular weight is 430 g/mol. The molecule has 0 bridgehead atoms. The maximum Gasteiger partial charge on any atom is 0.237 e. The van der Waals surface area contributed by atoms with Crippen molar-refractivity contribution in [2.75, 3.05) is 17.2 Å². The Morgan fingerprint density at radius 1 is 0.935 bits per heavy atom. The van der Waals surface area contributed by atoms with Gasteiger partial charge in [-0.25, -0.2) is 0 Å². The van der Waals surface area contributed by atoms with Crippen LogP contribution in [0.15, 0.2) is 90.3 Å². The molecule has 0 atom stereocenters. The molecule has 0 unspecified atom stereocenters. The van der Waals surface area contributed by atoms with Gasteiger partial charge in [0.2, 0.25) is 5.91 Å². The lowest BCUT2D eigenvalue weighted by atomic mass is 10.2. The number of pyridine rings is 1. The van der Waals surface area contributed by atoms with Gasteiger partial charge in [0.05, 0.1) is 12.3 Å². The first-order valence-corrected chi connectivity index (χ1v) is 11.1. The van der Waals surface area contributed by atoms with Crippen molar-refractivity contribution in [2.45, 2.75) is 18.6 Å². The zero-order valence-corrected chi connectivity index (χ0v) is 18.1. The molecule has 0 aliphatic heterocycles. The minimum atomic E-state index is 0.0402. The second-order valence-electron chi connectivity index (χ2n) is 6.88. The second kappa shape index (κ2) is 10.0. The van der Waals surface area contributed by atoms with Crippen LogP contribution in [0.5, 0.6) is 0 Å². The van der Waals surface area contributed by atoms with Crippen LogP contribution in [0.4, 0.5) is 5.69 Å². The van der Waals surface area contributed by atoms with Crippen molar-refractivity contribution in [3.63, 3.8) is 0 Å². The highest BCUT2D eigenvalue weighted by Crippen LogP contribution is 2.26. The topological polar surface area (TPSA) is 63.9 Å². The summed E-state index contributed by atoms with van der Waals surface area (Å²) in [5.41, 5.74) is 2.99. The maximum absolute atomic E-state index is 12.9. The van der Waals surface area contributed by atoms with Crippen molar-refractivity contribution in [1.29, 1.82) is 0 Å². The van der Waals surface area contributed by atoms with Crippen molar-refractivity contribution < 1.29 is 4.79 Å². The molecule has 4 rings (SSSR count). The molecular formula is C24H23N5OS. The SMILES string of the molecule is CCN(C(=O)CSc1nnc(-c2ccncc2)n1Cc1ccccc1)c1ccccc1. The van der Waals surface area contributed by atoms with Crippen molar-refractivity contribution in [2.24, 2.45) is 0 Å². The highest BCUT2D eigenvalue weighted by molar-refractivity contribution is 7.99. The van der Waals surface area contributed by atoms with E-state index in [1.165, 1.54) is 11.8 Å². The first kappa shape index (κ1) is 20.8. The van der Waals surface area contributed by atoms with Gasteiger partial charge < -0.3 is 4.90 Å². The number of aromatic nitrogens is 4. The largest absolute Gasteiger partial charge is 0.312 e. The third-order valence-electron chi connectivity index (χ3n) is 4.85. The summed E-state index contributed by atoms with van der Waals surface area (Å²) in [4.78, 5) is 18.8. The van der Waals surface area contributed by atoms with Gasteiger partial charge in [0.15, 0.2) is 11.0 Å². The monoisotopic (exact) mass is 429 g/mol. The molecule has 7 heteroatoms. The fourth-order valence-corrected chi connectivity index (χ4v) is 4.15. The molecule has 2 aromatic carbocycles. The fourth-order valence-electron chi connectivity index (χ4n) is 3.33. The van der Waals surface area contributed by atoms with Gasteiger partial charge in [-0.3, -0.25) is 14.3 Å². The van der Waals surface area contributed by atoms with Crippen LogP contribution in [0.2, 0.25) is 0 Å². The summed E-state index contributed by atoms with van der Waals surface area (Å²) in [6.07, 6.45) is 3.48. The molecule has 0 aliphatic carbocycles. The second-order valence-corrected chi connectivity index (χ2v) is 7.82. The lowest BCUT2D eigenvalue weighted by molar-refractivity contribution is -0.116. The van der Waals surface area contributed by atoms with Gasteiger partial charge in [-0.05, 0) is 36.8 Å². The third kappa shape index (κ3) is 5.00. The molecule has 4 aromatic rings. The quantitative estimate of drug-likeness (QED) is 0.385. The van der Waals surface area contributed by atoms with Crippen LogP contribution in [-0.2, 0) is 11.3 Å². The molecule has 0 saturated heterocycles. The maximum atomic E-state index is 12.9. The van der Waals surface area contributed by atoms with Crippen molar-refractivity contribution in [3.05, 3.63) is 90.8 Å². The van der Waals surface area contributed by atoms with E-state index in [1.807, 2.05) is 67.6 Å². The van der Waals surface area contributed by atoms with Crippen LogP contribution >= 0.6 is 11.8 Å². The molecule has 0 spiro atoms. The number of hydrogen-bond donors (Lipinski definition) is 0. The van der Waals surface area contributed by atoms with E-state index in [0.29, 0.717) is 18.2 Å². The lowest BCUT2D eigenvalue weighted by Crippen LogP contribution is -2.32. The van der Waals surface area contributed by atoms with Crippen LogP contribution < -0.4 is 4.90 Å². The number of nitrogens with zero attached hydrogens (tertiary/aromatic N) is 5. The van der Waals surface area contributed by atoms with E-state index < -0.39 is 0 Å². The number of amides is 1. The van der Waals surface area contributed by atoms with Gasteiger partial charge in [0, 0.05) is 30.2 Å². The van der Waals surface area contributed by atoms with E-state index in [2.05, 4.69) is 31.9 Å². The summed E-state index contributed by atoms with van der Waals surface area (Å²) < 4.78 is 2.06. The molecule has 31 heavy (non-hydrogen) atoms. The zero-order valence-electron chi connectivity index (χ0n) is 17.3. The number of carbonyl (C=O) groups is 1. The normalized spacial score (nSPS) is 10.7. The summed E-state index contributed by atoms with van der Waals surface area (Å²) >= 11 is 1.41. The van der Waals surface area contributed by atoms with E-state index in [-0.39, 0.29) is 11.7 Å². The summed E-state index contributed by atoms with van der Waals surface area (Å²) in [6, 6.07) is 23.7. The Morgan fingerprint density at radius 3 is 2.29 bits per heavy atom. The number of para-hydroxylation sites is 1. The number of thioether (sulfide) groups is 1. The molecule has 0 N–H and O–H groups in total. The summed E-state index contributed by atoms with van der Waals surface area (Å²) in [7, 11) is 0. The van der Waals surface area contributed by atoms with Crippen LogP contribution in [0.3, 0.4) is 0 Å². The molecule has 0 saturated carbocycles. The first-order valence-electron chi connectivity index (χ1n) is 10.1. The van der Waals surface area contributed by atoms with Crippen molar-refractivity contribution in [3.8, 4) is 11.4 Å². The van der Waals surface area contributed by atoms with Crippen LogP contribution in [0.25, 0.3) is 11.4 Å². The molecular weight excluding hydrogens is 406 g/mol. The van der Waals surface area contributed by atoms with E-state index in [9.17, 15) is 4.79 Å². The van der Waals surface area contributed by atoms with Crippen LogP contribution in [0.1, 0.15) is 12.5 Å². The number of rotatable bonds is 8. The van der Waals surface area contributed by atoms with E-state index in [1.54, 1.807) is 17.3 Å². The standard InChI is InChI=1S/C24H23N5OS/c1-2-28(21-11-7-4-8-12-21)22(30)18-31-24-27-26-23(20-13-15-25-16-14-20)29(24)17-19-9-5-3-6-10-19/h3-16H,2,17-18H2,1H3. The van der Waals surface area contributed by atoms with E-state index >= 15 is 0 Å². The summed E-state index contributed by atoms with van der Waals surface area (Å²) in [5.74, 6) is 1.08. The molecule has 2 aromatic heterocycles. The van der Waals surface area contributed by atoms with E-state index in [4.69, 9.17) is 0 Å². The minimum Gasteiger partial charge on any atom is -0.312 e. The fraction of sp³-hybridized carbons (Fsp3) is 0.167. The number of hydrogen-bond acceptors (Lipinski definition) is 5.